The molecule has 22 heteroatoms. The predicted molar refractivity (Wildman–Crippen MR) is 307 cm³/mol. The highest BCUT2D eigenvalue weighted by Crippen LogP contribution is 2.45. The Bertz CT molecular complexity index is 4040. The molecule has 0 bridgehead atoms. The Labute approximate surface area is 484 Å². The van der Waals surface area contributed by atoms with Gasteiger partial charge in [0.15, 0.2) is 11.6 Å². The molecule has 4 aromatic heterocycles. The molecule has 4 unspecified atom stereocenters. The first kappa shape index (κ1) is 55.9. The first-order valence-corrected chi connectivity index (χ1v) is 28.5. The van der Waals surface area contributed by atoms with Crippen LogP contribution in [-0.4, -0.2) is 165 Å². The van der Waals surface area contributed by atoms with Gasteiger partial charge in [-0.15, -0.1) is 12.8 Å². The van der Waals surface area contributed by atoms with Crippen LogP contribution in [0, 0.1) is 48.0 Å². The molecule has 6 fully saturated rings. The van der Waals surface area contributed by atoms with E-state index in [-0.39, 0.29) is 92.2 Å². The number of rotatable bonds is 10. The molecule has 85 heavy (non-hydrogen) atoms. The minimum absolute atomic E-state index is 0.0247. The molecule has 0 aliphatic carbocycles. The van der Waals surface area contributed by atoms with E-state index in [1.807, 2.05) is 9.80 Å². The third kappa shape index (κ3) is 10.2. The number of aromatic hydroxyl groups is 2. The molecule has 10 heterocycles. The first-order valence-electron chi connectivity index (χ1n) is 28.5. The number of aromatic nitrogens is 6. The number of benzene rings is 4. The summed E-state index contributed by atoms with van der Waals surface area (Å²) in [5, 5.41) is 23.0. The van der Waals surface area contributed by atoms with Gasteiger partial charge < -0.3 is 39.0 Å². The maximum Gasteiger partial charge on any atom is 0.319 e. The van der Waals surface area contributed by atoms with Crippen LogP contribution in [-0.2, 0) is 9.47 Å². The number of hydrogen-bond donors (Lipinski definition) is 2. The lowest BCUT2D eigenvalue weighted by Crippen LogP contribution is -2.43. The number of phenols is 2. The summed E-state index contributed by atoms with van der Waals surface area (Å²) in [7, 11) is 0. The summed E-state index contributed by atoms with van der Waals surface area (Å²) in [6.45, 7) is 6.96. The highest BCUT2D eigenvalue weighted by atomic mass is 19.2. The van der Waals surface area contributed by atoms with E-state index in [0.29, 0.717) is 112 Å². The minimum Gasteiger partial charge on any atom is -0.508 e. The number of alkyl halides is 2. The summed E-state index contributed by atoms with van der Waals surface area (Å²) in [6, 6.07) is 10.8. The molecule has 0 amide bonds. The lowest BCUT2D eigenvalue weighted by Gasteiger charge is -2.31. The van der Waals surface area contributed by atoms with E-state index in [1.165, 1.54) is 60.9 Å². The van der Waals surface area contributed by atoms with E-state index < -0.39 is 46.7 Å². The van der Waals surface area contributed by atoms with E-state index in [4.69, 9.17) is 36.8 Å². The second-order valence-electron chi connectivity index (χ2n) is 22.6. The van der Waals surface area contributed by atoms with Gasteiger partial charge in [-0.3, -0.25) is 19.8 Å². The molecule has 0 spiro atoms. The molecule has 8 aromatic rings. The van der Waals surface area contributed by atoms with E-state index >= 15 is 8.78 Å². The molecule has 6 saturated heterocycles. The number of fused-ring (bicyclic) bond motifs is 6. The third-order valence-electron chi connectivity index (χ3n) is 17.5. The fourth-order valence-electron chi connectivity index (χ4n) is 13.6. The van der Waals surface area contributed by atoms with Gasteiger partial charge in [0, 0.05) is 93.0 Å². The van der Waals surface area contributed by atoms with Crippen LogP contribution in [0.3, 0.4) is 0 Å². The lowest BCUT2D eigenvalue weighted by atomic mass is 9.95. The maximum absolute atomic E-state index is 16.6. The molecule has 2 N–H and O–H groups in total. The van der Waals surface area contributed by atoms with Gasteiger partial charge in [0.25, 0.3) is 0 Å². The molecular formula is C63H58F6N10O6. The fraction of sp³-hybridized carbons (Fsp3) is 0.397. The summed E-state index contributed by atoms with van der Waals surface area (Å²) in [4.78, 5) is 35.4. The van der Waals surface area contributed by atoms with Gasteiger partial charge in [-0.05, 0) is 92.4 Å². The van der Waals surface area contributed by atoms with Gasteiger partial charge in [0.05, 0.1) is 52.8 Å². The van der Waals surface area contributed by atoms with Crippen molar-refractivity contribution in [3.05, 3.63) is 95.3 Å². The number of halogens is 6. The maximum atomic E-state index is 16.6. The van der Waals surface area contributed by atoms with Crippen molar-refractivity contribution in [3.8, 4) is 70.7 Å². The zero-order valence-electron chi connectivity index (χ0n) is 46.2. The van der Waals surface area contributed by atoms with Gasteiger partial charge in [0.2, 0.25) is 0 Å². The largest absolute Gasteiger partial charge is 0.508 e. The number of anilines is 2. The van der Waals surface area contributed by atoms with Crippen LogP contribution >= 0.6 is 0 Å². The summed E-state index contributed by atoms with van der Waals surface area (Å²) in [5.41, 5.74) is -1.12. The molecule has 4 atom stereocenters. The number of morpholine rings is 1. The fourth-order valence-corrected chi connectivity index (χ4v) is 13.6. The average Bonchev–Trinajstić information content (AvgIpc) is 2.51. The van der Waals surface area contributed by atoms with Crippen LogP contribution in [0.1, 0.15) is 56.1 Å². The highest BCUT2D eigenvalue weighted by Gasteiger charge is 2.51. The highest BCUT2D eigenvalue weighted by molar-refractivity contribution is 6.04. The summed E-state index contributed by atoms with van der Waals surface area (Å²) in [6.07, 6.45) is 17.4. The van der Waals surface area contributed by atoms with Crippen molar-refractivity contribution in [3.63, 3.8) is 0 Å². The Morgan fingerprint density at radius 3 is 1.48 bits per heavy atom. The molecule has 6 aliphatic heterocycles. The zero-order valence-corrected chi connectivity index (χ0v) is 46.2. The van der Waals surface area contributed by atoms with Gasteiger partial charge in [-0.2, -0.15) is 19.9 Å². The Morgan fingerprint density at radius 1 is 0.576 bits per heavy atom. The van der Waals surface area contributed by atoms with Crippen LogP contribution in [0.5, 0.6) is 23.5 Å². The van der Waals surface area contributed by atoms with Gasteiger partial charge >= 0.3 is 12.0 Å². The third-order valence-corrected chi connectivity index (χ3v) is 17.5. The van der Waals surface area contributed by atoms with E-state index in [1.54, 1.807) is 0 Å². The molecule has 4 aromatic carbocycles. The average molecular weight is 1170 g/mol. The van der Waals surface area contributed by atoms with Crippen LogP contribution in [0.4, 0.5) is 38.0 Å². The number of ether oxygens (including phenoxy) is 4. The summed E-state index contributed by atoms with van der Waals surface area (Å²) >= 11 is 0. The molecule has 0 radical (unpaired) electrons. The Morgan fingerprint density at radius 2 is 1.02 bits per heavy atom. The second kappa shape index (κ2) is 22.6. The lowest BCUT2D eigenvalue weighted by molar-refractivity contribution is 0.107. The number of pyridine rings is 2. The summed E-state index contributed by atoms with van der Waals surface area (Å²) < 4.78 is 115. The smallest absolute Gasteiger partial charge is 0.319 e. The van der Waals surface area contributed by atoms with Crippen molar-refractivity contribution >= 4 is 55.0 Å². The van der Waals surface area contributed by atoms with Crippen molar-refractivity contribution in [2.75, 3.05) is 102 Å². The minimum atomic E-state index is -0.921. The standard InChI is InChI=1S/C32H30F3N5O3.C31H28F3N5O3/c1-2-22-25(34)6-5-19-13-21(41)14-23(26(19)22)28-27(35)29-24(16-36-28)30(39-8-4-11-42-12-10-39)38-31(37-29)43-18-32-7-3-9-40(32)17-20(33)15-32;1-2-21-24(33)5-4-18-12-20(40)13-22(25(18)21)27-26(34)28-23(15-35-27)29(38-8-10-41-11-9-38)37-30(36-28)42-17-31-6-3-7-39(31)16-19(32)14-31/h1,5-6,13-14,16,20,41H,3-4,7-12,15,17-18H2;1,4-5,12-13,15,19,40H,3,6-11,14,16-17H2. The Balaban J connectivity index is 0.000000158. The molecule has 16 nitrogen and oxygen atoms in total. The van der Waals surface area contributed by atoms with Crippen molar-refractivity contribution in [1.82, 2.24) is 39.7 Å². The monoisotopic (exact) mass is 1160 g/mol. The molecule has 6 aliphatic rings. The van der Waals surface area contributed by atoms with E-state index in [2.05, 4.69) is 46.6 Å². The van der Waals surface area contributed by atoms with Gasteiger partial charge in [-0.1, -0.05) is 24.0 Å². The SMILES string of the molecule is C#Cc1c(F)ccc2cc(O)cc(-c3ncc4c(N5CCCOCC5)nc(OCC56CCCN5CC(F)C6)nc4c3F)c12.C#Cc1c(F)ccc2cc(O)cc(-c3ncc4c(N5CCOCC5)nc(OCC56CCCN5CC(F)C6)nc4c3F)c12. The summed E-state index contributed by atoms with van der Waals surface area (Å²) in [5.74, 6) is 2.42. The Hall–Kier alpha value is -8.28. The molecule has 438 valence electrons. The van der Waals surface area contributed by atoms with Crippen molar-refractivity contribution in [2.24, 2.45) is 0 Å². The quantitative estimate of drug-likeness (QED) is 0.0980. The number of nitrogens with zero attached hydrogens (tertiary/aromatic N) is 10. The van der Waals surface area contributed by atoms with E-state index in [9.17, 15) is 27.8 Å². The van der Waals surface area contributed by atoms with Crippen LogP contribution in [0.25, 0.3) is 65.9 Å². The van der Waals surface area contributed by atoms with Crippen molar-refractivity contribution < 1.29 is 55.5 Å². The van der Waals surface area contributed by atoms with E-state index in [0.717, 1.165) is 45.2 Å². The molecular weight excluding hydrogens is 1110 g/mol. The number of phenolic OH excluding ortho intramolecular Hbond substituents is 2. The first-order chi connectivity index (χ1) is 41.2. The van der Waals surface area contributed by atoms with Crippen molar-refractivity contribution in [2.45, 2.75) is 68.4 Å². The van der Waals surface area contributed by atoms with Crippen LogP contribution < -0.4 is 19.3 Å². The van der Waals surface area contributed by atoms with Crippen molar-refractivity contribution in [1.29, 1.82) is 0 Å². The zero-order chi connectivity index (χ0) is 58.7. The molecule has 14 rings (SSSR count). The Kier molecular flexibility index (Phi) is 14.9. The normalized spacial score (nSPS) is 22.5. The topological polar surface area (TPSA) is 168 Å². The van der Waals surface area contributed by atoms with Gasteiger partial charge in [0.1, 0.15) is 82.7 Å². The van der Waals surface area contributed by atoms with Gasteiger partial charge in [-0.25, -0.2) is 26.3 Å². The second-order valence-corrected chi connectivity index (χ2v) is 22.6. The molecule has 0 saturated carbocycles. The van der Waals surface area contributed by atoms with Crippen LogP contribution in [0.2, 0.25) is 0 Å². The predicted octanol–water partition coefficient (Wildman–Crippen LogP) is 9.59. The number of hydrogen-bond acceptors (Lipinski definition) is 16. The van der Waals surface area contributed by atoms with Crippen LogP contribution in [0.15, 0.2) is 60.9 Å². The number of terminal acetylenes is 2.